The maximum Gasteiger partial charge on any atom is 0.324 e. The van der Waals surface area contributed by atoms with E-state index in [1.54, 1.807) is 17.9 Å². The lowest BCUT2D eigenvalue weighted by atomic mass is 10.2. The van der Waals surface area contributed by atoms with Crippen LogP contribution in [0.1, 0.15) is 13.8 Å². The average molecular weight is 350 g/mol. The molecule has 1 N–H and O–H groups in total. The largest absolute Gasteiger partial charge is 0.861 e. The molecule has 0 amide bonds. The summed E-state index contributed by atoms with van der Waals surface area (Å²) >= 11 is 1.12. The Morgan fingerprint density at radius 1 is 1.64 bits per heavy atom. The molecule has 0 aromatic carbocycles. The topological polar surface area (TPSA) is 97.7 Å². The van der Waals surface area contributed by atoms with E-state index in [9.17, 15) is 9.90 Å². The van der Waals surface area contributed by atoms with Crippen molar-refractivity contribution in [3.8, 4) is 0 Å². The smallest absolute Gasteiger partial charge is 0.324 e. The van der Waals surface area contributed by atoms with E-state index in [4.69, 9.17) is 4.52 Å². The van der Waals surface area contributed by atoms with Gasteiger partial charge in [-0.3, -0.25) is 9.32 Å². The monoisotopic (exact) mass is 349 g/mol. The summed E-state index contributed by atoms with van der Waals surface area (Å²) in [6, 6.07) is 0. The summed E-state index contributed by atoms with van der Waals surface area (Å²) in [5.41, 5.74) is 0. The number of carbonyl (C=O) groups is 1. The van der Waals surface area contributed by atoms with Crippen LogP contribution in [-0.2, 0) is 4.79 Å². The highest BCUT2D eigenvalue weighted by Crippen LogP contribution is 2.12. The number of piperazine rings is 1. The van der Waals surface area contributed by atoms with Crippen LogP contribution in [0.4, 0.5) is 5.88 Å². The zero-order valence-electron chi connectivity index (χ0n) is 12.5. The van der Waals surface area contributed by atoms with Crippen molar-refractivity contribution in [2.45, 2.75) is 13.8 Å². The third kappa shape index (κ3) is 5.47. The predicted octanol–water partition coefficient (Wildman–Crippen LogP) is -0.769. The van der Waals surface area contributed by atoms with Crippen LogP contribution in [0.3, 0.4) is 0 Å². The molecule has 1 aromatic heterocycles. The van der Waals surface area contributed by atoms with Crippen molar-refractivity contribution in [3.05, 3.63) is 6.20 Å². The predicted molar refractivity (Wildman–Crippen MR) is 84.2 cm³/mol. The second-order valence-corrected chi connectivity index (χ2v) is 6.01. The molecule has 0 unspecified atom stereocenters. The van der Waals surface area contributed by atoms with Gasteiger partial charge in [-0.1, -0.05) is 18.7 Å². The van der Waals surface area contributed by atoms with Crippen LogP contribution < -0.4 is 20.2 Å². The van der Waals surface area contributed by atoms with Gasteiger partial charge in [0, 0.05) is 25.8 Å². The number of aliphatic imine (C=N–C) groups is 1. The van der Waals surface area contributed by atoms with Gasteiger partial charge in [-0.2, -0.15) is 5.01 Å². The lowest BCUT2D eigenvalue weighted by Gasteiger charge is -2.19. The molecule has 1 atom stereocenters. The fraction of sp³-hybridized carbons (Fsp3) is 0.667. The van der Waals surface area contributed by atoms with Crippen LogP contribution in [-0.4, -0.2) is 48.2 Å². The number of halogens is 1. The summed E-state index contributed by atoms with van der Waals surface area (Å²) in [5.74, 6) is -0.0499. The normalized spacial score (nSPS) is 17.0. The Bertz CT molecular complexity index is 519. The summed E-state index contributed by atoms with van der Waals surface area (Å²) in [5, 5.41) is 21.0. The molecule has 124 valence electrons. The molecular weight excluding hydrogens is 330 g/mol. The van der Waals surface area contributed by atoms with Crippen LogP contribution in [0.15, 0.2) is 15.7 Å². The van der Waals surface area contributed by atoms with Crippen molar-refractivity contribution in [2.75, 3.05) is 36.9 Å². The van der Waals surface area contributed by atoms with E-state index < -0.39 is 0 Å². The fourth-order valence-electron chi connectivity index (χ4n) is 1.80. The van der Waals surface area contributed by atoms with E-state index in [1.165, 1.54) is 6.92 Å². The Balaban J connectivity index is 0.00000242. The minimum atomic E-state index is -0.336. The molecule has 1 aliphatic heterocycles. The van der Waals surface area contributed by atoms with Gasteiger partial charge in [-0.05, 0) is 11.8 Å². The zero-order chi connectivity index (χ0) is 15.2. The molecule has 1 aromatic rings. The van der Waals surface area contributed by atoms with Gasteiger partial charge in [-0.15, -0.1) is 12.4 Å². The second kappa shape index (κ2) is 8.96. The van der Waals surface area contributed by atoms with Gasteiger partial charge in [0.1, 0.15) is 0 Å². The van der Waals surface area contributed by atoms with Crippen LogP contribution in [0.2, 0.25) is 0 Å². The van der Waals surface area contributed by atoms with Gasteiger partial charge in [0.15, 0.2) is 5.12 Å². The van der Waals surface area contributed by atoms with Crippen molar-refractivity contribution >= 4 is 41.1 Å². The molecule has 0 radical (unpaired) electrons. The Labute approximate surface area is 139 Å². The molecular formula is C12H20ClN5O3S. The fourth-order valence-corrected chi connectivity index (χ4v) is 2.43. The van der Waals surface area contributed by atoms with Gasteiger partial charge >= 0.3 is 5.88 Å². The summed E-state index contributed by atoms with van der Waals surface area (Å²) in [7, 11) is 0. The molecule has 0 saturated carbocycles. The molecule has 0 spiro atoms. The van der Waals surface area contributed by atoms with E-state index in [1.807, 2.05) is 5.01 Å². The minimum Gasteiger partial charge on any atom is -0.861 e. The number of rotatable bonds is 5. The van der Waals surface area contributed by atoms with Crippen LogP contribution >= 0.6 is 24.2 Å². The SMILES string of the molecule is CC(=O)SC[C@@H](C)C([O-])=Nc1c[n+](N2CCNCC2)no1.Cl. The highest BCUT2D eigenvalue weighted by molar-refractivity contribution is 8.13. The van der Waals surface area contributed by atoms with Gasteiger partial charge < -0.3 is 10.4 Å². The third-order valence-corrected chi connectivity index (χ3v) is 4.08. The lowest BCUT2D eigenvalue weighted by molar-refractivity contribution is -0.758. The average Bonchev–Trinajstić information content (AvgIpc) is 2.94. The van der Waals surface area contributed by atoms with Gasteiger partial charge in [0.2, 0.25) is 5.27 Å². The summed E-state index contributed by atoms with van der Waals surface area (Å²) in [6.45, 7) is 6.61. The van der Waals surface area contributed by atoms with Crippen molar-refractivity contribution in [3.63, 3.8) is 0 Å². The first-order valence-electron chi connectivity index (χ1n) is 6.80. The number of thioether (sulfide) groups is 1. The Morgan fingerprint density at radius 3 is 2.95 bits per heavy atom. The van der Waals surface area contributed by atoms with Crippen molar-refractivity contribution in [1.82, 2.24) is 10.6 Å². The maximum atomic E-state index is 11.9. The van der Waals surface area contributed by atoms with Gasteiger partial charge in [-0.25, -0.2) is 4.99 Å². The Hall–Kier alpha value is -1.32. The molecule has 2 heterocycles. The van der Waals surface area contributed by atoms with E-state index in [0.717, 1.165) is 37.9 Å². The van der Waals surface area contributed by atoms with Gasteiger partial charge in [0.05, 0.1) is 17.9 Å². The zero-order valence-corrected chi connectivity index (χ0v) is 14.2. The highest BCUT2D eigenvalue weighted by atomic mass is 35.5. The van der Waals surface area contributed by atoms with Crippen LogP contribution in [0, 0.1) is 5.92 Å². The van der Waals surface area contributed by atoms with Gasteiger partial charge in [0.25, 0.3) is 6.20 Å². The van der Waals surface area contributed by atoms with E-state index in [-0.39, 0.29) is 35.2 Å². The second-order valence-electron chi connectivity index (χ2n) is 4.82. The summed E-state index contributed by atoms with van der Waals surface area (Å²) < 4.78 is 5.05. The molecule has 2 rings (SSSR count). The van der Waals surface area contributed by atoms with Crippen LogP contribution in [0.25, 0.3) is 0 Å². The van der Waals surface area contributed by atoms with Crippen molar-refractivity contribution < 1.29 is 19.2 Å². The Morgan fingerprint density at radius 2 is 2.32 bits per heavy atom. The molecule has 0 aliphatic carbocycles. The summed E-state index contributed by atoms with van der Waals surface area (Å²) in [6.07, 6.45) is 1.59. The van der Waals surface area contributed by atoms with Crippen molar-refractivity contribution in [1.29, 1.82) is 0 Å². The third-order valence-electron chi connectivity index (χ3n) is 3.01. The number of carbonyl (C=O) groups excluding carboxylic acids is 1. The molecule has 22 heavy (non-hydrogen) atoms. The quantitative estimate of drug-likeness (QED) is 0.423. The molecule has 1 fully saturated rings. The summed E-state index contributed by atoms with van der Waals surface area (Å²) in [4.78, 5) is 16.4. The first-order valence-corrected chi connectivity index (χ1v) is 7.78. The maximum absolute atomic E-state index is 11.9. The molecule has 0 bridgehead atoms. The number of hydrogen-bond acceptors (Lipinski definition) is 8. The lowest BCUT2D eigenvalue weighted by Crippen LogP contribution is -2.64. The number of nitrogens with one attached hydrogen (secondary N) is 1. The number of hydrogen-bond donors (Lipinski definition) is 1. The van der Waals surface area contributed by atoms with Crippen LogP contribution in [0.5, 0.6) is 0 Å². The van der Waals surface area contributed by atoms with Crippen molar-refractivity contribution in [2.24, 2.45) is 10.9 Å². The molecule has 8 nitrogen and oxygen atoms in total. The Kier molecular flexibility index (Phi) is 7.63. The number of aromatic nitrogens is 2. The first kappa shape index (κ1) is 18.7. The van der Waals surface area contributed by atoms with E-state index >= 15 is 0 Å². The number of nitrogens with zero attached hydrogens (tertiary/aromatic N) is 4. The molecule has 10 heteroatoms. The molecule has 1 aliphatic rings. The first-order chi connectivity index (χ1) is 10.1. The molecule has 1 saturated heterocycles. The van der Waals surface area contributed by atoms with E-state index in [2.05, 4.69) is 15.6 Å². The van der Waals surface area contributed by atoms with E-state index in [0.29, 0.717) is 5.75 Å². The minimum absolute atomic E-state index is 0. The highest BCUT2D eigenvalue weighted by Gasteiger charge is 2.22. The standard InChI is InChI=1S/C12H19N5O3S.ClH/c1-9(8-21-10(2)18)12(19)14-11-7-17(15-20-11)16-5-3-13-4-6-16;/h7,9,13H,3-6,8H2,1-2H3;1H/t9-;/m1./s1.